The molecule has 0 aromatic rings. The van der Waals surface area contributed by atoms with Crippen LogP contribution in [-0.4, -0.2) is 70.2 Å². The first-order chi connectivity index (χ1) is 8.74. The number of carboxylic acid groups (broad SMARTS) is 1. The molecule has 1 saturated heterocycles. The molecule has 1 aliphatic carbocycles. The van der Waals surface area contributed by atoms with Gasteiger partial charge in [0.15, 0.2) is 0 Å². The van der Waals surface area contributed by atoms with Gasteiger partial charge in [0.05, 0.1) is 5.60 Å². The van der Waals surface area contributed by atoms with E-state index in [1.165, 1.54) is 0 Å². The van der Waals surface area contributed by atoms with Crippen molar-refractivity contribution >= 4 is 11.9 Å². The van der Waals surface area contributed by atoms with E-state index in [0.717, 1.165) is 0 Å². The average molecular weight is 270 g/mol. The molecule has 0 bridgehead atoms. The largest absolute Gasteiger partial charge is 0.480 e. The predicted octanol–water partition coefficient (Wildman–Crippen LogP) is -0.234. The molecule has 0 unspecified atom stereocenters. The van der Waals surface area contributed by atoms with E-state index >= 15 is 0 Å². The Labute approximate surface area is 113 Å². The molecule has 2 rings (SSSR count). The van der Waals surface area contributed by atoms with Gasteiger partial charge in [0.1, 0.15) is 5.41 Å². The fraction of sp³-hybridized carbons (Fsp3) is 0.846. The van der Waals surface area contributed by atoms with Crippen LogP contribution in [0, 0.1) is 5.41 Å². The van der Waals surface area contributed by atoms with Crippen LogP contribution in [0.5, 0.6) is 0 Å². The molecule has 0 spiro atoms. The number of amides is 1. The molecule has 0 atom stereocenters. The lowest BCUT2D eigenvalue weighted by Crippen LogP contribution is -2.54. The van der Waals surface area contributed by atoms with E-state index in [2.05, 4.69) is 4.90 Å². The lowest BCUT2D eigenvalue weighted by molar-refractivity contribution is -0.154. The van der Waals surface area contributed by atoms with Crippen LogP contribution in [0.3, 0.4) is 0 Å². The summed E-state index contributed by atoms with van der Waals surface area (Å²) in [6.45, 7) is 6.55. The summed E-state index contributed by atoms with van der Waals surface area (Å²) in [5.74, 6) is -1.22. The van der Waals surface area contributed by atoms with Crippen molar-refractivity contribution in [1.29, 1.82) is 0 Å². The molecule has 1 aliphatic heterocycles. The Hall–Kier alpha value is -1.14. The third-order valence-electron chi connectivity index (χ3n) is 3.84. The quantitative estimate of drug-likeness (QED) is 0.690. The Morgan fingerprint density at radius 2 is 1.68 bits per heavy atom. The smallest absolute Gasteiger partial charge is 0.319 e. The number of piperazine rings is 1. The van der Waals surface area contributed by atoms with Crippen molar-refractivity contribution in [1.82, 2.24) is 9.80 Å². The van der Waals surface area contributed by atoms with Gasteiger partial charge in [0.2, 0.25) is 5.91 Å². The molecule has 0 aromatic heterocycles. The summed E-state index contributed by atoms with van der Waals surface area (Å²) in [5, 5.41) is 18.9. The lowest BCUT2D eigenvalue weighted by atomic mass is 10.0. The summed E-state index contributed by atoms with van der Waals surface area (Å²) in [6, 6.07) is 0. The normalized spacial score (nSPS) is 23.2. The lowest BCUT2D eigenvalue weighted by Gasteiger charge is -2.38. The maximum absolute atomic E-state index is 12.2. The van der Waals surface area contributed by atoms with Crippen molar-refractivity contribution in [2.24, 2.45) is 5.41 Å². The number of nitrogens with zero attached hydrogens (tertiary/aromatic N) is 2. The van der Waals surface area contributed by atoms with Gasteiger partial charge in [0.25, 0.3) is 0 Å². The minimum Gasteiger partial charge on any atom is -0.480 e. The van der Waals surface area contributed by atoms with Crippen molar-refractivity contribution in [3.05, 3.63) is 0 Å². The number of carboxylic acids is 1. The van der Waals surface area contributed by atoms with Gasteiger partial charge in [-0.3, -0.25) is 14.5 Å². The van der Waals surface area contributed by atoms with E-state index in [1.807, 2.05) is 0 Å². The van der Waals surface area contributed by atoms with Crippen molar-refractivity contribution in [2.75, 3.05) is 32.7 Å². The van der Waals surface area contributed by atoms with Gasteiger partial charge in [-0.2, -0.15) is 0 Å². The van der Waals surface area contributed by atoms with Crippen LogP contribution in [-0.2, 0) is 9.59 Å². The molecule has 2 aliphatic rings. The molecular formula is C13H22N2O4. The highest BCUT2D eigenvalue weighted by Gasteiger charge is 2.58. The zero-order valence-corrected chi connectivity index (χ0v) is 11.6. The first kappa shape index (κ1) is 14.3. The fourth-order valence-electron chi connectivity index (χ4n) is 2.60. The summed E-state index contributed by atoms with van der Waals surface area (Å²) in [4.78, 5) is 27.1. The number of aliphatic carboxylic acids is 1. The molecule has 108 valence electrons. The second-order valence-electron chi connectivity index (χ2n) is 6.27. The monoisotopic (exact) mass is 270 g/mol. The zero-order valence-electron chi connectivity index (χ0n) is 11.6. The summed E-state index contributed by atoms with van der Waals surface area (Å²) < 4.78 is 0. The van der Waals surface area contributed by atoms with Crippen LogP contribution in [0.2, 0.25) is 0 Å². The maximum Gasteiger partial charge on any atom is 0.319 e. The molecule has 2 N–H and O–H groups in total. The number of rotatable bonds is 4. The Bertz CT molecular complexity index is 377. The van der Waals surface area contributed by atoms with Gasteiger partial charge < -0.3 is 15.1 Å². The first-order valence-electron chi connectivity index (χ1n) is 6.72. The summed E-state index contributed by atoms with van der Waals surface area (Å²) >= 11 is 0. The summed E-state index contributed by atoms with van der Waals surface area (Å²) in [7, 11) is 0. The maximum atomic E-state index is 12.2. The van der Waals surface area contributed by atoms with Crippen LogP contribution in [0.4, 0.5) is 0 Å². The van der Waals surface area contributed by atoms with E-state index in [4.69, 9.17) is 5.11 Å². The highest BCUT2D eigenvalue weighted by atomic mass is 16.4. The zero-order chi connectivity index (χ0) is 14.3. The third-order valence-corrected chi connectivity index (χ3v) is 3.84. The van der Waals surface area contributed by atoms with Crippen molar-refractivity contribution in [3.8, 4) is 0 Å². The van der Waals surface area contributed by atoms with Crippen LogP contribution in [0.15, 0.2) is 0 Å². The molecule has 0 aromatic carbocycles. The predicted molar refractivity (Wildman–Crippen MR) is 68.6 cm³/mol. The van der Waals surface area contributed by atoms with Crippen LogP contribution in [0.1, 0.15) is 26.7 Å². The van der Waals surface area contributed by atoms with E-state index in [9.17, 15) is 14.7 Å². The Morgan fingerprint density at radius 1 is 1.16 bits per heavy atom. The topological polar surface area (TPSA) is 81.1 Å². The second-order valence-corrected chi connectivity index (χ2v) is 6.27. The Kier molecular flexibility index (Phi) is 3.57. The number of hydrogen-bond donors (Lipinski definition) is 2. The first-order valence-corrected chi connectivity index (χ1v) is 6.72. The van der Waals surface area contributed by atoms with Gasteiger partial charge in [0, 0.05) is 32.7 Å². The second kappa shape index (κ2) is 4.76. The number of carbonyl (C=O) groups excluding carboxylic acids is 1. The summed E-state index contributed by atoms with van der Waals surface area (Å²) in [6.07, 6.45) is 0.927. The minimum atomic E-state index is -1.13. The van der Waals surface area contributed by atoms with Gasteiger partial charge in [-0.15, -0.1) is 0 Å². The molecule has 0 radical (unpaired) electrons. The molecule has 6 heteroatoms. The molecule has 6 nitrogen and oxygen atoms in total. The van der Waals surface area contributed by atoms with Gasteiger partial charge >= 0.3 is 5.97 Å². The molecule has 1 saturated carbocycles. The van der Waals surface area contributed by atoms with Crippen molar-refractivity contribution < 1.29 is 19.8 Å². The minimum absolute atomic E-state index is 0.233. The number of β-amino-alcohol motifs (C(OH)–C–C–N with tert-alkyl or cyclic N) is 1. The highest BCUT2D eigenvalue weighted by Crippen LogP contribution is 2.47. The van der Waals surface area contributed by atoms with E-state index in [0.29, 0.717) is 45.6 Å². The van der Waals surface area contributed by atoms with Crippen LogP contribution in [0.25, 0.3) is 0 Å². The Balaban J connectivity index is 1.87. The van der Waals surface area contributed by atoms with E-state index in [-0.39, 0.29) is 5.91 Å². The standard InChI is InChI=1S/C13H22N2O4/c1-12(2,19)9-14-5-7-15(8-6-14)10(16)13(3-4-13)11(17)18/h19H,3-9H2,1-2H3,(H,17,18). The van der Waals surface area contributed by atoms with Gasteiger partial charge in [-0.05, 0) is 26.7 Å². The number of hydrogen-bond acceptors (Lipinski definition) is 4. The fourth-order valence-corrected chi connectivity index (χ4v) is 2.60. The molecule has 1 heterocycles. The number of carbonyl (C=O) groups is 2. The third kappa shape index (κ3) is 3.06. The molecule has 19 heavy (non-hydrogen) atoms. The van der Waals surface area contributed by atoms with Crippen LogP contribution >= 0.6 is 0 Å². The Morgan fingerprint density at radius 3 is 2.05 bits per heavy atom. The van der Waals surface area contributed by atoms with Crippen molar-refractivity contribution in [2.45, 2.75) is 32.3 Å². The van der Waals surface area contributed by atoms with Gasteiger partial charge in [-0.1, -0.05) is 0 Å². The van der Waals surface area contributed by atoms with Gasteiger partial charge in [-0.25, -0.2) is 0 Å². The molecule has 1 amide bonds. The SMILES string of the molecule is CC(C)(O)CN1CCN(C(=O)C2(C(=O)O)CC2)CC1. The molecular weight excluding hydrogens is 248 g/mol. The number of aliphatic hydroxyl groups is 1. The summed E-state index contributed by atoms with van der Waals surface area (Å²) in [5.41, 5.74) is -1.87. The highest BCUT2D eigenvalue weighted by molar-refractivity contribution is 6.04. The van der Waals surface area contributed by atoms with E-state index < -0.39 is 17.0 Å². The van der Waals surface area contributed by atoms with Crippen LogP contribution < -0.4 is 0 Å². The van der Waals surface area contributed by atoms with E-state index in [1.54, 1.807) is 18.7 Å². The van der Waals surface area contributed by atoms with Crippen molar-refractivity contribution in [3.63, 3.8) is 0 Å². The average Bonchev–Trinajstić information content (AvgIpc) is 3.08. The molecule has 2 fully saturated rings.